The Balaban J connectivity index is 2.32. The number of carbonyl (C=O) groups is 1. The zero-order chi connectivity index (χ0) is 12.7. The van der Waals surface area contributed by atoms with E-state index in [1.54, 1.807) is 17.0 Å². The van der Waals surface area contributed by atoms with Gasteiger partial charge in [-0.1, -0.05) is 6.92 Å². The van der Waals surface area contributed by atoms with Crippen LogP contribution in [0, 0.1) is 5.92 Å². The van der Waals surface area contributed by atoms with Gasteiger partial charge in [-0.2, -0.15) is 5.10 Å². The monoisotopic (exact) mass is 237 g/mol. The first kappa shape index (κ1) is 13.4. The average molecular weight is 237 g/mol. The van der Waals surface area contributed by atoms with Gasteiger partial charge in [0, 0.05) is 38.0 Å². The number of hydrogen-bond acceptors (Lipinski definition) is 3. The van der Waals surface area contributed by atoms with Gasteiger partial charge in [0.25, 0.3) is 0 Å². The van der Waals surface area contributed by atoms with E-state index in [1.165, 1.54) is 6.08 Å². The molecule has 0 saturated carbocycles. The fourth-order valence-electron chi connectivity index (χ4n) is 1.35. The largest absolute Gasteiger partial charge is 0.396 e. The standard InChI is InChI=1S/C12H19N3O2/c1-10(5-6-16)7-13-12(17)4-3-11-8-14-15(2)9-11/h3-4,8-10,16H,5-7H2,1-2H3,(H,13,17). The van der Waals surface area contributed by atoms with Gasteiger partial charge in [-0.05, 0) is 18.4 Å². The van der Waals surface area contributed by atoms with Crippen molar-refractivity contribution in [1.82, 2.24) is 15.1 Å². The molecule has 1 aromatic rings. The molecule has 94 valence electrons. The number of aliphatic hydroxyl groups excluding tert-OH is 1. The lowest BCUT2D eigenvalue weighted by Crippen LogP contribution is -2.26. The summed E-state index contributed by atoms with van der Waals surface area (Å²) in [5.41, 5.74) is 0.894. The van der Waals surface area contributed by atoms with Crippen molar-refractivity contribution in [3.05, 3.63) is 24.0 Å². The van der Waals surface area contributed by atoms with E-state index >= 15 is 0 Å². The number of nitrogens with zero attached hydrogens (tertiary/aromatic N) is 2. The molecule has 1 unspecified atom stereocenters. The average Bonchev–Trinajstić information content (AvgIpc) is 2.70. The van der Waals surface area contributed by atoms with Crippen molar-refractivity contribution in [2.24, 2.45) is 13.0 Å². The van der Waals surface area contributed by atoms with Gasteiger partial charge in [0.1, 0.15) is 0 Å². The van der Waals surface area contributed by atoms with Crippen LogP contribution in [-0.4, -0.2) is 33.9 Å². The minimum atomic E-state index is -0.126. The lowest BCUT2D eigenvalue weighted by molar-refractivity contribution is -0.116. The summed E-state index contributed by atoms with van der Waals surface area (Å²) in [6.07, 6.45) is 7.44. The highest BCUT2D eigenvalue weighted by molar-refractivity contribution is 5.91. The zero-order valence-corrected chi connectivity index (χ0v) is 10.3. The summed E-state index contributed by atoms with van der Waals surface area (Å²) in [6, 6.07) is 0. The molecule has 1 rings (SSSR count). The Morgan fingerprint density at radius 3 is 3.06 bits per heavy atom. The lowest BCUT2D eigenvalue weighted by Gasteiger charge is -2.09. The molecule has 5 heteroatoms. The van der Waals surface area contributed by atoms with Gasteiger partial charge in [0.2, 0.25) is 5.91 Å². The van der Waals surface area contributed by atoms with Crippen LogP contribution in [0.2, 0.25) is 0 Å². The van der Waals surface area contributed by atoms with Gasteiger partial charge in [0.15, 0.2) is 0 Å². The molecule has 0 spiro atoms. The Hall–Kier alpha value is -1.62. The fraction of sp³-hybridized carbons (Fsp3) is 0.500. The Morgan fingerprint density at radius 2 is 2.47 bits per heavy atom. The van der Waals surface area contributed by atoms with Crippen molar-refractivity contribution in [3.63, 3.8) is 0 Å². The first-order valence-electron chi connectivity index (χ1n) is 5.67. The lowest BCUT2D eigenvalue weighted by atomic mass is 10.1. The SMILES string of the molecule is CC(CCO)CNC(=O)C=Cc1cnn(C)c1. The molecule has 2 N–H and O–H groups in total. The Bertz CT molecular complexity index is 385. The first-order valence-corrected chi connectivity index (χ1v) is 5.67. The Kier molecular flexibility index (Phi) is 5.42. The van der Waals surface area contributed by atoms with Crippen molar-refractivity contribution in [2.75, 3.05) is 13.2 Å². The number of amides is 1. The normalized spacial score (nSPS) is 12.9. The second-order valence-electron chi connectivity index (χ2n) is 4.14. The minimum Gasteiger partial charge on any atom is -0.396 e. The van der Waals surface area contributed by atoms with Gasteiger partial charge < -0.3 is 10.4 Å². The molecular weight excluding hydrogens is 218 g/mol. The van der Waals surface area contributed by atoms with Gasteiger partial charge in [0.05, 0.1) is 6.20 Å². The topological polar surface area (TPSA) is 67.2 Å². The molecule has 17 heavy (non-hydrogen) atoms. The van der Waals surface area contributed by atoms with Crippen LogP contribution in [-0.2, 0) is 11.8 Å². The van der Waals surface area contributed by atoms with E-state index in [0.717, 1.165) is 5.56 Å². The highest BCUT2D eigenvalue weighted by Gasteiger charge is 2.02. The Morgan fingerprint density at radius 1 is 1.71 bits per heavy atom. The number of nitrogens with one attached hydrogen (secondary N) is 1. The molecule has 5 nitrogen and oxygen atoms in total. The van der Waals surface area contributed by atoms with Gasteiger partial charge >= 0.3 is 0 Å². The number of aliphatic hydroxyl groups is 1. The Labute approximate surface area is 101 Å². The van der Waals surface area contributed by atoms with Gasteiger partial charge in [-0.25, -0.2) is 0 Å². The molecule has 1 aromatic heterocycles. The molecule has 0 saturated heterocycles. The van der Waals surface area contributed by atoms with E-state index in [0.29, 0.717) is 13.0 Å². The highest BCUT2D eigenvalue weighted by Crippen LogP contribution is 2.00. The predicted octanol–water partition coefficient (Wildman–Crippen LogP) is 0.568. The van der Waals surface area contributed by atoms with Crippen LogP contribution in [0.15, 0.2) is 18.5 Å². The molecule has 0 aliphatic rings. The molecule has 1 amide bonds. The predicted molar refractivity (Wildman–Crippen MR) is 66.1 cm³/mol. The molecule has 0 aliphatic heterocycles. The van der Waals surface area contributed by atoms with E-state index in [-0.39, 0.29) is 18.4 Å². The second kappa shape index (κ2) is 6.85. The maximum absolute atomic E-state index is 11.4. The molecule has 0 aliphatic carbocycles. The minimum absolute atomic E-state index is 0.126. The van der Waals surface area contributed by atoms with Crippen molar-refractivity contribution < 1.29 is 9.90 Å². The van der Waals surface area contributed by atoms with Crippen LogP contribution in [0.25, 0.3) is 6.08 Å². The zero-order valence-electron chi connectivity index (χ0n) is 10.3. The third kappa shape index (κ3) is 5.31. The summed E-state index contributed by atoms with van der Waals surface area (Å²) in [5.74, 6) is 0.161. The molecule has 0 aromatic carbocycles. The molecule has 0 bridgehead atoms. The maximum Gasteiger partial charge on any atom is 0.244 e. The van der Waals surface area contributed by atoms with Crippen LogP contribution in [0.5, 0.6) is 0 Å². The second-order valence-corrected chi connectivity index (χ2v) is 4.14. The maximum atomic E-state index is 11.4. The van der Waals surface area contributed by atoms with E-state index in [2.05, 4.69) is 10.4 Å². The third-order valence-corrected chi connectivity index (χ3v) is 2.40. The van der Waals surface area contributed by atoms with Crippen LogP contribution >= 0.6 is 0 Å². The summed E-state index contributed by atoms with van der Waals surface area (Å²) in [7, 11) is 1.83. The van der Waals surface area contributed by atoms with Crippen molar-refractivity contribution in [1.29, 1.82) is 0 Å². The number of carbonyl (C=O) groups excluding carboxylic acids is 1. The molecule has 0 fully saturated rings. The molecule has 1 atom stereocenters. The van der Waals surface area contributed by atoms with Crippen molar-refractivity contribution in [3.8, 4) is 0 Å². The summed E-state index contributed by atoms with van der Waals surface area (Å²) in [6.45, 7) is 2.72. The third-order valence-electron chi connectivity index (χ3n) is 2.40. The fourth-order valence-corrected chi connectivity index (χ4v) is 1.35. The molecular formula is C12H19N3O2. The quantitative estimate of drug-likeness (QED) is 0.711. The van der Waals surface area contributed by atoms with Crippen molar-refractivity contribution in [2.45, 2.75) is 13.3 Å². The van der Waals surface area contributed by atoms with E-state index in [1.807, 2.05) is 20.2 Å². The van der Waals surface area contributed by atoms with Crippen LogP contribution in [0.4, 0.5) is 0 Å². The van der Waals surface area contributed by atoms with Crippen LogP contribution < -0.4 is 5.32 Å². The first-order chi connectivity index (χ1) is 8.11. The molecule has 0 radical (unpaired) electrons. The number of aromatic nitrogens is 2. The summed E-state index contributed by atoms with van der Waals surface area (Å²) >= 11 is 0. The van der Waals surface area contributed by atoms with Gasteiger partial charge in [-0.3, -0.25) is 9.48 Å². The summed E-state index contributed by atoms with van der Waals surface area (Å²) in [5, 5.41) is 15.5. The highest BCUT2D eigenvalue weighted by atomic mass is 16.3. The molecule has 1 heterocycles. The number of hydrogen-bond donors (Lipinski definition) is 2. The van der Waals surface area contributed by atoms with E-state index in [4.69, 9.17) is 5.11 Å². The smallest absolute Gasteiger partial charge is 0.244 e. The van der Waals surface area contributed by atoms with E-state index < -0.39 is 0 Å². The summed E-state index contributed by atoms with van der Waals surface area (Å²) in [4.78, 5) is 11.4. The van der Waals surface area contributed by atoms with Crippen LogP contribution in [0.1, 0.15) is 18.9 Å². The number of rotatable bonds is 6. The van der Waals surface area contributed by atoms with Gasteiger partial charge in [-0.15, -0.1) is 0 Å². The number of aryl methyl sites for hydroxylation is 1. The van der Waals surface area contributed by atoms with Crippen LogP contribution in [0.3, 0.4) is 0 Å². The summed E-state index contributed by atoms with van der Waals surface area (Å²) < 4.78 is 1.68. The van der Waals surface area contributed by atoms with E-state index in [9.17, 15) is 4.79 Å². The van der Waals surface area contributed by atoms with Crippen molar-refractivity contribution >= 4 is 12.0 Å².